The SMILES string of the molecule is Cn1cc(-c2nc(C(=O)NCCCN3c4ccccc4Sc4ccccc43)cs2)cn1. The van der Waals surface area contributed by atoms with Gasteiger partial charge in [0.2, 0.25) is 0 Å². The third kappa shape index (κ3) is 4.08. The highest BCUT2D eigenvalue weighted by molar-refractivity contribution is 7.99. The van der Waals surface area contributed by atoms with E-state index in [1.165, 1.54) is 32.5 Å². The van der Waals surface area contributed by atoms with Crippen molar-refractivity contribution >= 4 is 40.4 Å². The maximum absolute atomic E-state index is 12.5. The minimum atomic E-state index is -0.138. The van der Waals surface area contributed by atoms with Crippen molar-refractivity contribution in [1.29, 1.82) is 0 Å². The van der Waals surface area contributed by atoms with E-state index in [-0.39, 0.29) is 5.91 Å². The zero-order chi connectivity index (χ0) is 21.2. The first kappa shape index (κ1) is 19.8. The Morgan fingerprint density at radius 1 is 1.06 bits per heavy atom. The molecule has 6 nitrogen and oxygen atoms in total. The van der Waals surface area contributed by atoms with Gasteiger partial charge in [0.15, 0.2) is 0 Å². The number of hydrogen-bond acceptors (Lipinski definition) is 6. The van der Waals surface area contributed by atoms with Crippen LogP contribution in [-0.2, 0) is 7.05 Å². The second kappa shape index (κ2) is 8.56. The summed E-state index contributed by atoms with van der Waals surface area (Å²) < 4.78 is 1.73. The Hall–Kier alpha value is -3.10. The molecule has 0 fully saturated rings. The molecule has 5 rings (SSSR count). The molecule has 1 aliphatic rings. The number of rotatable bonds is 6. The summed E-state index contributed by atoms with van der Waals surface area (Å²) in [7, 11) is 1.86. The molecule has 0 radical (unpaired) electrons. The Morgan fingerprint density at radius 2 is 1.77 bits per heavy atom. The van der Waals surface area contributed by atoms with Crippen LogP contribution in [0, 0.1) is 0 Å². The van der Waals surface area contributed by atoms with Gasteiger partial charge in [0.25, 0.3) is 5.91 Å². The summed E-state index contributed by atoms with van der Waals surface area (Å²) in [4.78, 5) is 21.9. The summed E-state index contributed by atoms with van der Waals surface area (Å²) in [6.45, 7) is 1.42. The Kier molecular flexibility index (Phi) is 5.48. The molecule has 1 N–H and O–H groups in total. The van der Waals surface area contributed by atoms with E-state index in [0.717, 1.165) is 23.5 Å². The molecule has 31 heavy (non-hydrogen) atoms. The number of carbonyl (C=O) groups excluding carboxylic acids is 1. The average molecular weight is 448 g/mol. The molecule has 8 heteroatoms. The van der Waals surface area contributed by atoms with E-state index in [2.05, 4.69) is 68.8 Å². The molecule has 4 aromatic rings. The number of nitrogens with zero attached hydrogens (tertiary/aromatic N) is 4. The first-order valence-corrected chi connectivity index (χ1v) is 11.7. The maximum Gasteiger partial charge on any atom is 0.270 e. The highest BCUT2D eigenvalue weighted by Crippen LogP contribution is 2.47. The van der Waals surface area contributed by atoms with E-state index in [1.807, 2.05) is 13.2 Å². The molecule has 0 spiro atoms. The van der Waals surface area contributed by atoms with Crippen molar-refractivity contribution in [2.24, 2.45) is 7.05 Å². The van der Waals surface area contributed by atoms with E-state index in [9.17, 15) is 4.79 Å². The van der Waals surface area contributed by atoms with E-state index in [0.29, 0.717) is 12.2 Å². The molecule has 0 saturated carbocycles. The van der Waals surface area contributed by atoms with Gasteiger partial charge in [-0.25, -0.2) is 4.98 Å². The van der Waals surface area contributed by atoms with Crippen LogP contribution in [0.2, 0.25) is 0 Å². The minimum Gasteiger partial charge on any atom is -0.351 e. The zero-order valence-corrected chi connectivity index (χ0v) is 18.6. The van der Waals surface area contributed by atoms with Gasteiger partial charge >= 0.3 is 0 Å². The molecule has 1 amide bonds. The summed E-state index contributed by atoms with van der Waals surface area (Å²) in [5, 5.41) is 9.77. The maximum atomic E-state index is 12.5. The van der Waals surface area contributed by atoms with Crippen molar-refractivity contribution in [1.82, 2.24) is 20.1 Å². The van der Waals surface area contributed by atoms with Crippen molar-refractivity contribution in [2.75, 3.05) is 18.0 Å². The van der Waals surface area contributed by atoms with Gasteiger partial charge in [-0.1, -0.05) is 36.0 Å². The summed E-state index contributed by atoms with van der Waals surface area (Å²) in [6.07, 6.45) is 4.48. The molecule has 3 heterocycles. The quantitative estimate of drug-likeness (QED) is 0.423. The number of thiazole rings is 1. The number of para-hydroxylation sites is 2. The number of anilines is 2. The Bertz CT molecular complexity index is 1190. The van der Waals surface area contributed by atoms with Gasteiger partial charge in [0, 0.05) is 47.1 Å². The zero-order valence-electron chi connectivity index (χ0n) is 17.0. The second-order valence-electron chi connectivity index (χ2n) is 7.24. The summed E-state index contributed by atoms with van der Waals surface area (Å²) in [6, 6.07) is 16.9. The number of aromatic nitrogens is 3. The first-order valence-electron chi connectivity index (χ1n) is 10.1. The fourth-order valence-corrected chi connectivity index (χ4v) is 5.47. The topological polar surface area (TPSA) is 63.1 Å². The van der Waals surface area contributed by atoms with E-state index >= 15 is 0 Å². The number of carbonyl (C=O) groups is 1. The number of aryl methyl sites for hydroxylation is 1. The smallest absolute Gasteiger partial charge is 0.270 e. The third-order valence-corrected chi connectivity index (χ3v) is 7.09. The summed E-state index contributed by atoms with van der Waals surface area (Å²) in [5.74, 6) is -0.138. The van der Waals surface area contributed by atoms with Gasteiger partial charge in [-0.15, -0.1) is 11.3 Å². The summed E-state index contributed by atoms with van der Waals surface area (Å²) in [5.41, 5.74) is 3.82. The summed E-state index contributed by atoms with van der Waals surface area (Å²) >= 11 is 3.26. The fourth-order valence-electron chi connectivity index (χ4n) is 3.59. The van der Waals surface area contributed by atoms with E-state index in [1.54, 1.807) is 28.0 Å². The number of amides is 1. The van der Waals surface area contributed by atoms with E-state index in [4.69, 9.17) is 0 Å². The van der Waals surface area contributed by atoms with Crippen LogP contribution in [0.15, 0.2) is 76.1 Å². The normalized spacial score (nSPS) is 12.4. The van der Waals surface area contributed by atoms with Crippen molar-refractivity contribution in [3.8, 4) is 10.6 Å². The predicted octanol–water partition coefficient (Wildman–Crippen LogP) is 4.97. The van der Waals surface area contributed by atoms with Gasteiger partial charge in [-0.3, -0.25) is 9.48 Å². The molecular formula is C23H21N5OS2. The first-order chi connectivity index (χ1) is 15.2. The second-order valence-corrected chi connectivity index (χ2v) is 9.18. The Labute approximate surface area is 188 Å². The van der Waals surface area contributed by atoms with Crippen LogP contribution in [0.5, 0.6) is 0 Å². The highest BCUT2D eigenvalue weighted by Gasteiger charge is 2.22. The standard InChI is InChI=1S/C23H21N5OS2/c1-27-14-16(13-25-27)23-26-17(15-30-23)22(29)24-11-6-12-28-18-7-2-4-9-20(18)31-21-10-5-3-8-19(21)28/h2-5,7-10,13-15H,6,11-12H2,1H3,(H,24,29). The molecule has 0 bridgehead atoms. The number of nitrogens with one attached hydrogen (secondary N) is 1. The molecule has 0 saturated heterocycles. The van der Waals surface area contributed by atoms with Crippen LogP contribution in [-0.4, -0.2) is 33.8 Å². The molecule has 2 aromatic heterocycles. The molecular weight excluding hydrogens is 426 g/mol. The lowest BCUT2D eigenvalue weighted by atomic mass is 10.2. The average Bonchev–Trinajstić information content (AvgIpc) is 3.45. The Morgan fingerprint density at radius 3 is 2.45 bits per heavy atom. The molecule has 0 unspecified atom stereocenters. The van der Waals surface area contributed by atoms with Gasteiger partial charge in [0.1, 0.15) is 10.7 Å². The lowest BCUT2D eigenvalue weighted by molar-refractivity contribution is 0.0949. The Balaban J connectivity index is 1.21. The van der Waals surface area contributed by atoms with Gasteiger partial charge < -0.3 is 10.2 Å². The van der Waals surface area contributed by atoms with Gasteiger partial charge in [0.05, 0.1) is 17.6 Å². The molecule has 2 aromatic carbocycles. The lowest BCUT2D eigenvalue weighted by Crippen LogP contribution is -2.29. The van der Waals surface area contributed by atoms with Gasteiger partial charge in [-0.2, -0.15) is 5.10 Å². The van der Waals surface area contributed by atoms with Crippen molar-refractivity contribution in [3.05, 3.63) is 72.0 Å². The molecule has 1 aliphatic heterocycles. The van der Waals surface area contributed by atoms with Crippen LogP contribution in [0.3, 0.4) is 0 Å². The van der Waals surface area contributed by atoms with E-state index < -0.39 is 0 Å². The number of hydrogen-bond donors (Lipinski definition) is 1. The molecule has 0 atom stereocenters. The highest BCUT2D eigenvalue weighted by atomic mass is 32.2. The van der Waals surface area contributed by atoms with Crippen LogP contribution < -0.4 is 10.2 Å². The van der Waals surface area contributed by atoms with Crippen molar-refractivity contribution in [3.63, 3.8) is 0 Å². The minimum absolute atomic E-state index is 0.138. The van der Waals surface area contributed by atoms with Gasteiger partial charge in [-0.05, 0) is 30.7 Å². The van der Waals surface area contributed by atoms with Crippen LogP contribution in [0.25, 0.3) is 10.6 Å². The number of fused-ring (bicyclic) bond motifs is 2. The van der Waals surface area contributed by atoms with Crippen molar-refractivity contribution in [2.45, 2.75) is 16.2 Å². The number of benzene rings is 2. The lowest BCUT2D eigenvalue weighted by Gasteiger charge is -2.32. The molecule has 156 valence electrons. The predicted molar refractivity (Wildman–Crippen MR) is 125 cm³/mol. The van der Waals surface area contributed by atoms with Crippen LogP contribution in [0.1, 0.15) is 16.9 Å². The molecule has 0 aliphatic carbocycles. The monoisotopic (exact) mass is 447 g/mol. The largest absolute Gasteiger partial charge is 0.351 e. The van der Waals surface area contributed by atoms with Crippen LogP contribution in [0.4, 0.5) is 11.4 Å². The third-order valence-electron chi connectivity index (χ3n) is 5.06. The van der Waals surface area contributed by atoms with Crippen molar-refractivity contribution < 1.29 is 4.79 Å². The van der Waals surface area contributed by atoms with Crippen LogP contribution >= 0.6 is 23.1 Å². The fraction of sp³-hybridized carbons (Fsp3) is 0.174.